The van der Waals surface area contributed by atoms with Crippen LogP contribution in [0.15, 0.2) is 47.4 Å². The number of aryl methyl sites for hydroxylation is 1. The molecule has 2 aromatic rings. The van der Waals surface area contributed by atoms with Gasteiger partial charge in [0.1, 0.15) is 0 Å². The topological polar surface area (TPSA) is 104 Å². The van der Waals surface area contributed by atoms with Gasteiger partial charge in [0.2, 0.25) is 10.0 Å². The molecule has 33 heavy (non-hydrogen) atoms. The van der Waals surface area contributed by atoms with E-state index in [1.54, 1.807) is 24.3 Å². The molecule has 1 saturated heterocycles. The van der Waals surface area contributed by atoms with Crippen LogP contribution in [-0.2, 0) is 21.2 Å². The van der Waals surface area contributed by atoms with E-state index in [2.05, 4.69) is 5.32 Å². The molecule has 2 aromatic carbocycles. The summed E-state index contributed by atoms with van der Waals surface area (Å²) < 4.78 is 25.0. The fourth-order valence-electron chi connectivity index (χ4n) is 3.75. The molecule has 4 rings (SSSR count). The van der Waals surface area contributed by atoms with Crippen molar-refractivity contribution < 1.29 is 22.8 Å². The van der Waals surface area contributed by atoms with Crippen molar-refractivity contribution >= 4 is 50.6 Å². The van der Waals surface area contributed by atoms with Crippen molar-refractivity contribution in [3.05, 3.63) is 69.6 Å². The number of rotatable bonds is 6. The van der Waals surface area contributed by atoms with Gasteiger partial charge in [-0.2, -0.15) is 0 Å². The third-order valence-electron chi connectivity index (χ3n) is 5.46. The van der Waals surface area contributed by atoms with Gasteiger partial charge in [-0.1, -0.05) is 29.8 Å². The summed E-state index contributed by atoms with van der Waals surface area (Å²) in [7, 11) is -3.35. The van der Waals surface area contributed by atoms with E-state index in [1.807, 2.05) is 31.2 Å². The van der Waals surface area contributed by atoms with Crippen LogP contribution in [0.5, 0.6) is 0 Å². The van der Waals surface area contributed by atoms with E-state index in [9.17, 15) is 22.8 Å². The molecule has 0 radical (unpaired) electrons. The van der Waals surface area contributed by atoms with Crippen LogP contribution in [0.2, 0.25) is 0 Å². The number of anilines is 1. The molecule has 1 N–H and O–H groups in total. The minimum atomic E-state index is -3.35. The summed E-state index contributed by atoms with van der Waals surface area (Å²) in [6.45, 7) is 2.50. The van der Waals surface area contributed by atoms with Crippen LogP contribution in [-0.4, -0.2) is 56.3 Å². The van der Waals surface area contributed by atoms with Crippen molar-refractivity contribution in [3.8, 4) is 0 Å². The number of nitrogens with zero attached hydrogens (tertiary/aromatic N) is 2. The molecular weight excluding hydrogens is 462 g/mol. The lowest BCUT2D eigenvalue weighted by Gasteiger charge is -2.16. The Kier molecular flexibility index (Phi) is 6.31. The number of benzene rings is 2. The number of carbonyl (C=O) groups is 3. The Morgan fingerprint density at radius 1 is 1.15 bits per heavy atom. The molecule has 0 aromatic heterocycles. The van der Waals surface area contributed by atoms with Gasteiger partial charge >= 0.3 is 0 Å². The maximum Gasteiger partial charge on any atom is 0.293 e. The van der Waals surface area contributed by atoms with Gasteiger partial charge in [-0.05, 0) is 60.5 Å². The van der Waals surface area contributed by atoms with E-state index < -0.39 is 10.0 Å². The van der Waals surface area contributed by atoms with Gasteiger partial charge < -0.3 is 5.32 Å². The summed E-state index contributed by atoms with van der Waals surface area (Å²) in [5.41, 5.74) is 3.72. The van der Waals surface area contributed by atoms with Crippen LogP contribution in [0.3, 0.4) is 0 Å². The van der Waals surface area contributed by atoms with Crippen LogP contribution < -0.4 is 9.62 Å². The Morgan fingerprint density at radius 2 is 1.88 bits per heavy atom. The second-order valence-corrected chi connectivity index (χ2v) is 10.8. The highest BCUT2D eigenvalue weighted by Gasteiger charge is 2.34. The second-order valence-electron chi connectivity index (χ2n) is 7.93. The highest BCUT2D eigenvalue weighted by Crippen LogP contribution is 2.32. The zero-order valence-electron chi connectivity index (χ0n) is 18.2. The maximum absolute atomic E-state index is 12.6. The first-order valence-electron chi connectivity index (χ1n) is 10.3. The number of fused-ring (bicyclic) bond motifs is 1. The monoisotopic (exact) mass is 485 g/mol. The van der Waals surface area contributed by atoms with Crippen LogP contribution >= 0.6 is 11.8 Å². The first-order chi connectivity index (χ1) is 15.6. The molecule has 0 aliphatic carbocycles. The molecule has 3 amide bonds. The molecule has 0 unspecified atom stereocenters. The zero-order valence-corrected chi connectivity index (χ0v) is 19.8. The molecule has 0 bridgehead atoms. The normalized spacial score (nSPS) is 17.1. The molecule has 0 atom stereocenters. The summed E-state index contributed by atoms with van der Waals surface area (Å²) in [6.07, 6.45) is 3.38. The Morgan fingerprint density at radius 3 is 2.58 bits per heavy atom. The van der Waals surface area contributed by atoms with Crippen LogP contribution in [0.1, 0.15) is 27.0 Å². The minimum absolute atomic E-state index is 0.0639. The summed E-state index contributed by atoms with van der Waals surface area (Å²) in [5, 5.41) is 2.36. The van der Waals surface area contributed by atoms with E-state index in [4.69, 9.17) is 0 Å². The standard InChI is InChI=1S/C23H23N3O5S2/c1-15-3-5-16(6-4-15)13-20-22(28)25(23(29)32-20)12-10-24-21(27)18-7-8-19-17(14-18)9-11-26(19)33(2,30)31/h3-8,13-14H,9-12H2,1-2H3,(H,24,27)/b20-13-. The lowest BCUT2D eigenvalue weighted by Crippen LogP contribution is -2.37. The summed E-state index contributed by atoms with van der Waals surface area (Å²) in [4.78, 5) is 38.9. The molecular formula is C23H23N3O5S2. The van der Waals surface area contributed by atoms with Gasteiger partial charge in [-0.3, -0.25) is 23.6 Å². The van der Waals surface area contributed by atoms with Gasteiger partial charge in [-0.15, -0.1) is 0 Å². The van der Waals surface area contributed by atoms with E-state index in [0.29, 0.717) is 29.1 Å². The SMILES string of the molecule is Cc1ccc(/C=C2\SC(=O)N(CCNC(=O)c3ccc4c(c3)CCN4S(C)(=O)=O)C2=O)cc1. The van der Waals surface area contributed by atoms with E-state index in [1.165, 1.54) is 4.31 Å². The van der Waals surface area contributed by atoms with Crippen molar-refractivity contribution in [2.45, 2.75) is 13.3 Å². The summed E-state index contributed by atoms with van der Waals surface area (Å²) in [6, 6.07) is 12.5. The van der Waals surface area contributed by atoms with Gasteiger partial charge in [0.25, 0.3) is 17.1 Å². The fraction of sp³-hybridized carbons (Fsp3) is 0.261. The quantitative estimate of drug-likeness (QED) is 0.631. The smallest absolute Gasteiger partial charge is 0.293 e. The number of nitrogens with one attached hydrogen (secondary N) is 1. The third-order valence-corrected chi connectivity index (χ3v) is 7.55. The molecule has 10 heteroatoms. The van der Waals surface area contributed by atoms with E-state index in [-0.39, 0.29) is 30.1 Å². The predicted molar refractivity (Wildman–Crippen MR) is 129 cm³/mol. The van der Waals surface area contributed by atoms with Gasteiger partial charge in [0, 0.05) is 25.2 Å². The lowest BCUT2D eigenvalue weighted by atomic mass is 10.1. The zero-order chi connectivity index (χ0) is 23.8. The number of imide groups is 1. The number of sulfonamides is 1. The van der Waals surface area contributed by atoms with Crippen LogP contribution in [0, 0.1) is 6.92 Å². The van der Waals surface area contributed by atoms with Crippen LogP contribution in [0.25, 0.3) is 6.08 Å². The van der Waals surface area contributed by atoms with Crippen molar-refractivity contribution in [1.82, 2.24) is 10.2 Å². The van der Waals surface area contributed by atoms with Crippen molar-refractivity contribution in [1.29, 1.82) is 0 Å². The number of hydrogen-bond acceptors (Lipinski definition) is 6. The lowest BCUT2D eigenvalue weighted by molar-refractivity contribution is -0.122. The van der Waals surface area contributed by atoms with Crippen molar-refractivity contribution in [2.24, 2.45) is 0 Å². The molecule has 0 spiro atoms. The number of amides is 3. The second kappa shape index (κ2) is 9.03. The third kappa shape index (κ3) is 4.96. The molecule has 2 heterocycles. The maximum atomic E-state index is 12.6. The van der Waals surface area contributed by atoms with Gasteiger partial charge in [0.05, 0.1) is 16.8 Å². The summed E-state index contributed by atoms with van der Waals surface area (Å²) >= 11 is 0.884. The number of carbonyl (C=O) groups excluding carboxylic acids is 3. The van der Waals surface area contributed by atoms with Gasteiger partial charge in [0.15, 0.2) is 0 Å². The van der Waals surface area contributed by atoms with Gasteiger partial charge in [-0.25, -0.2) is 8.42 Å². The first-order valence-corrected chi connectivity index (χ1v) is 13.0. The molecule has 2 aliphatic heterocycles. The molecule has 172 valence electrons. The Labute approximate surface area is 196 Å². The van der Waals surface area contributed by atoms with E-state index in [0.717, 1.165) is 39.6 Å². The highest BCUT2D eigenvalue weighted by atomic mass is 32.2. The summed E-state index contributed by atoms with van der Waals surface area (Å²) in [5.74, 6) is -0.726. The molecule has 1 fully saturated rings. The molecule has 0 saturated carbocycles. The predicted octanol–water partition coefficient (Wildman–Crippen LogP) is 2.78. The minimum Gasteiger partial charge on any atom is -0.350 e. The number of hydrogen-bond donors (Lipinski definition) is 1. The first kappa shape index (κ1) is 23.1. The van der Waals surface area contributed by atoms with Crippen molar-refractivity contribution in [2.75, 3.05) is 30.2 Å². The Hall–Kier alpha value is -3.11. The largest absolute Gasteiger partial charge is 0.350 e. The average molecular weight is 486 g/mol. The average Bonchev–Trinajstić information content (AvgIpc) is 3.31. The molecule has 8 nitrogen and oxygen atoms in total. The van der Waals surface area contributed by atoms with Crippen molar-refractivity contribution in [3.63, 3.8) is 0 Å². The van der Waals surface area contributed by atoms with E-state index >= 15 is 0 Å². The molecule has 2 aliphatic rings. The fourth-order valence-corrected chi connectivity index (χ4v) is 5.57. The van der Waals surface area contributed by atoms with Crippen LogP contribution in [0.4, 0.5) is 10.5 Å². The Balaban J connectivity index is 1.36. The number of thioether (sulfide) groups is 1. The highest BCUT2D eigenvalue weighted by molar-refractivity contribution is 8.18. The Bertz CT molecular complexity index is 1270.